The quantitative estimate of drug-likeness (QED) is 0.748. The van der Waals surface area contributed by atoms with Crippen LogP contribution in [0, 0.1) is 0 Å². The van der Waals surface area contributed by atoms with E-state index in [9.17, 15) is 9.59 Å². The highest BCUT2D eigenvalue weighted by Gasteiger charge is 2.19. The van der Waals surface area contributed by atoms with E-state index in [4.69, 9.17) is 0 Å². The van der Waals surface area contributed by atoms with Crippen LogP contribution in [-0.2, 0) is 10.5 Å². The molecule has 0 radical (unpaired) electrons. The van der Waals surface area contributed by atoms with Crippen molar-refractivity contribution >= 4 is 29.3 Å². The Kier molecular flexibility index (Phi) is 7.73. The van der Waals surface area contributed by atoms with Crippen molar-refractivity contribution in [3.05, 3.63) is 65.7 Å². The topological polar surface area (TPSA) is 49.4 Å². The third-order valence-electron chi connectivity index (χ3n) is 4.18. The molecule has 26 heavy (non-hydrogen) atoms. The van der Waals surface area contributed by atoms with E-state index in [2.05, 4.69) is 17.4 Å². The average Bonchev–Trinajstić information content (AvgIpc) is 2.68. The summed E-state index contributed by atoms with van der Waals surface area (Å²) in [5.41, 5.74) is 2.29. The zero-order chi connectivity index (χ0) is 18.9. The number of thioether (sulfide) groups is 1. The van der Waals surface area contributed by atoms with E-state index in [0.717, 1.165) is 5.75 Å². The number of para-hydroxylation sites is 1. The van der Waals surface area contributed by atoms with E-state index < -0.39 is 0 Å². The summed E-state index contributed by atoms with van der Waals surface area (Å²) in [6.45, 7) is 7.06. The largest absolute Gasteiger partial charge is 0.339 e. The molecule has 0 aliphatic rings. The minimum atomic E-state index is -0.216. The molecule has 0 aliphatic heterocycles. The van der Waals surface area contributed by atoms with E-state index in [1.165, 1.54) is 5.56 Å². The molecule has 2 rings (SSSR count). The number of anilines is 1. The second-order valence-electron chi connectivity index (χ2n) is 5.95. The van der Waals surface area contributed by atoms with Crippen molar-refractivity contribution in [3.8, 4) is 0 Å². The van der Waals surface area contributed by atoms with Gasteiger partial charge in [0, 0.05) is 18.8 Å². The van der Waals surface area contributed by atoms with Crippen LogP contribution < -0.4 is 5.32 Å². The molecule has 0 saturated heterocycles. The lowest BCUT2D eigenvalue weighted by Gasteiger charge is -2.21. The van der Waals surface area contributed by atoms with Gasteiger partial charge in [0.25, 0.3) is 5.91 Å². The van der Waals surface area contributed by atoms with Crippen LogP contribution in [0.25, 0.3) is 0 Å². The van der Waals surface area contributed by atoms with Crippen LogP contribution in [-0.4, -0.2) is 35.1 Å². The van der Waals surface area contributed by atoms with Crippen molar-refractivity contribution in [2.45, 2.75) is 31.8 Å². The van der Waals surface area contributed by atoms with Crippen molar-refractivity contribution < 1.29 is 9.59 Å². The van der Waals surface area contributed by atoms with Crippen molar-refractivity contribution in [1.29, 1.82) is 0 Å². The van der Waals surface area contributed by atoms with Crippen LogP contribution in [0.5, 0.6) is 0 Å². The molecule has 0 heterocycles. The number of benzene rings is 2. The van der Waals surface area contributed by atoms with Gasteiger partial charge in [-0.1, -0.05) is 42.5 Å². The van der Waals surface area contributed by atoms with E-state index in [-0.39, 0.29) is 17.1 Å². The first-order chi connectivity index (χ1) is 12.6. The number of amides is 2. The summed E-state index contributed by atoms with van der Waals surface area (Å²) >= 11 is 1.58. The molecule has 4 nitrogen and oxygen atoms in total. The van der Waals surface area contributed by atoms with Crippen LogP contribution in [0.4, 0.5) is 5.69 Å². The minimum absolute atomic E-state index is 0.0597. The molecule has 0 aromatic heterocycles. The van der Waals surface area contributed by atoms with Crippen molar-refractivity contribution in [2.24, 2.45) is 0 Å². The maximum absolute atomic E-state index is 12.7. The molecule has 1 atom stereocenters. The maximum atomic E-state index is 12.7. The number of hydrogen-bond donors (Lipinski definition) is 1. The zero-order valence-corrected chi connectivity index (χ0v) is 16.4. The van der Waals surface area contributed by atoms with Gasteiger partial charge in [-0.2, -0.15) is 0 Å². The minimum Gasteiger partial charge on any atom is -0.339 e. The van der Waals surface area contributed by atoms with Crippen LogP contribution in [0.3, 0.4) is 0 Å². The Hall–Kier alpha value is -2.27. The third-order valence-corrected chi connectivity index (χ3v) is 5.39. The van der Waals surface area contributed by atoms with E-state index >= 15 is 0 Å². The van der Waals surface area contributed by atoms with Gasteiger partial charge in [0.2, 0.25) is 5.91 Å². The van der Waals surface area contributed by atoms with E-state index in [1.807, 2.05) is 51.1 Å². The Bertz CT molecular complexity index is 730. The Labute approximate surface area is 160 Å². The summed E-state index contributed by atoms with van der Waals surface area (Å²) in [5, 5.41) is 2.71. The Morgan fingerprint density at radius 3 is 2.27 bits per heavy atom. The molecule has 2 aromatic rings. The highest BCUT2D eigenvalue weighted by Crippen LogP contribution is 2.22. The van der Waals surface area contributed by atoms with Crippen LogP contribution in [0.15, 0.2) is 54.6 Å². The first-order valence-electron chi connectivity index (χ1n) is 8.91. The van der Waals surface area contributed by atoms with E-state index in [1.54, 1.807) is 28.8 Å². The van der Waals surface area contributed by atoms with Crippen molar-refractivity contribution in [1.82, 2.24) is 4.90 Å². The lowest BCUT2D eigenvalue weighted by molar-refractivity contribution is -0.115. The molecule has 0 bridgehead atoms. The van der Waals surface area contributed by atoms with Crippen LogP contribution in [0.1, 0.15) is 36.7 Å². The molecular formula is C21H26N2O2S. The highest BCUT2D eigenvalue weighted by molar-refractivity contribution is 7.99. The molecule has 1 N–H and O–H groups in total. The molecular weight excluding hydrogens is 344 g/mol. The van der Waals surface area contributed by atoms with Gasteiger partial charge in [0.05, 0.1) is 16.5 Å². The number of nitrogens with one attached hydrogen (secondary N) is 1. The normalized spacial score (nSPS) is 11.7. The van der Waals surface area contributed by atoms with Crippen molar-refractivity contribution in [3.63, 3.8) is 0 Å². The summed E-state index contributed by atoms with van der Waals surface area (Å²) in [5.74, 6) is 0.622. The Balaban J connectivity index is 2.03. The number of rotatable bonds is 8. The summed E-state index contributed by atoms with van der Waals surface area (Å²) in [7, 11) is 0. The molecule has 0 saturated carbocycles. The lowest BCUT2D eigenvalue weighted by Crippen LogP contribution is -2.32. The fourth-order valence-corrected chi connectivity index (χ4v) is 3.41. The molecule has 2 aromatic carbocycles. The molecule has 2 amide bonds. The number of hydrogen-bond acceptors (Lipinski definition) is 3. The van der Waals surface area contributed by atoms with Gasteiger partial charge in [0.1, 0.15) is 0 Å². The summed E-state index contributed by atoms with van der Waals surface area (Å²) in [6, 6.07) is 17.3. The van der Waals surface area contributed by atoms with Gasteiger partial charge in [-0.3, -0.25) is 9.59 Å². The van der Waals surface area contributed by atoms with Gasteiger partial charge in [-0.25, -0.2) is 0 Å². The monoisotopic (exact) mass is 370 g/mol. The third kappa shape index (κ3) is 5.36. The standard InChI is InChI=1S/C21H26N2O2S/c1-4-23(5-2)21(25)18-13-9-10-14-19(18)22-20(24)16(3)26-15-17-11-7-6-8-12-17/h6-14,16H,4-5,15H2,1-3H3,(H,22,24)/t16-/m1/s1. The lowest BCUT2D eigenvalue weighted by atomic mass is 10.1. The van der Waals surface area contributed by atoms with Gasteiger partial charge in [-0.05, 0) is 38.5 Å². The van der Waals surface area contributed by atoms with Gasteiger partial charge >= 0.3 is 0 Å². The SMILES string of the molecule is CCN(CC)C(=O)c1ccccc1NC(=O)[C@@H](C)SCc1ccccc1. The molecule has 0 fully saturated rings. The summed E-state index contributed by atoms with van der Waals surface area (Å²) in [6.07, 6.45) is 0. The molecule has 0 aliphatic carbocycles. The number of carbonyl (C=O) groups is 2. The summed E-state index contributed by atoms with van der Waals surface area (Å²) < 4.78 is 0. The fourth-order valence-electron chi connectivity index (χ4n) is 2.57. The fraction of sp³-hybridized carbons (Fsp3) is 0.333. The van der Waals surface area contributed by atoms with E-state index in [0.29, 0.717) is 24.3 Å². The number of carbonyl (C=O) groups excluding carboxylic acids is 2. The second-order valence-corrected chi connectivity index (χ2v) is 7.28. The zero-order valence-electron chi connectivity index (χ0n) is 15.6. The summed E-state index contributed by atoms with van der Waals surface area (Å²) in [4.78, 5) is 27.0. The second kappa shape index (κ2) is 10.0. The predicted octanol–water partition coefficient (Wildman–Crippen LogP) is 4.43. The first kappa shape index (κ1) is 20.0. The van der Waals surface area contributed by atoms with Crippen LogP contribution in [0.2, 0.25) is 0 Å². The molecule has 5 heteroatoms. The molecule has 138 valence electrons. The van der Waals surface area contributed by atoms with Gasteiger partial charge in [-0.15, -0.1) is 11.8 Å². The van der Waals surface area contributed by atoms with Gasteiger partial charge in [0.15, 0.2) is 0 Å². The maximum Gasteiger partial charge on any atom is 0.255 e. The smallest absolute Gasteiger partial charge is 0.255 e. The van der Waals surface area contributed by atoms with Crippen LogP contribution >= 0.6 is 11.8 Å². The first-order valence-corrected chi connectivity index (χ1v) is 9.96. The number of nitrogens with zero attached hydrogens (tertiary/aromatic N) is 1. The Morgan fingerprint density at radius 1 is 1.00 bits per heavy atom. The van der Waals surface area contributed by atoms with Gasteiger partial charge < -0.3 is 10.2 Å². The highest BCUT2D eigenvalue weighted by atomic mass is 32.2. The molecule has 0 spiro atoms. The average molecular weight is 371 g/mol. The predicted molar refractivity (Wildman–Crippen MR) is 110 cm³/mol. The Morgan fingerprint density at radius 2 is 1.62 bits per heavy atom. The van der Waals surface area contributed by atoms with Crippen molar-refractivity contribution in [2.75, 3.05) is 18.4 Å². The molecule has 0 unspecified atom stereocenters.